The van der Waals surface area contributed by atoms with E-state index in [2.05, 4.69) is 15.3 Å². The Morgan fingerprint density at radius 2 is 2.15 bits per heavy atom. The summed E-state index contributed by atoms with van der Waals surface area (Å²) >= 11 is 0. The molecule has 7 heteroatoms. The van der Waals surface area contributed by atoms with E-state index in [0.717, 1.165) is 0 Å². The maximum absolute atomic E-state index is 11.1. The largest absolute Gasteiger partial charge is 0.383 e. The van der Waals surface area contributed by atoms with Gasteiger partial charge in [-0.05, 0) is 0 Å². The maximum atomic E-state index is 11.1. The number of nitrogen functional groups attached to an aromatic ring is 2. The topological polar surface area (TPSA) is 127 Å². The third-order valence-electron chi connectivity index (χ3n) is 1.42. The van der Waals surface area contributed by atoms with E-state index in [1.807, 2.05) is 0 Å². The lowest BCUT2D eigenvalue weighted by Gasteiger charge is -2.02. The van der Waals surface area contributed by atoms with Crippen molar-refractivity contribution in [1.29, 1.82) is 0 Å². The van der Waals surface area contributed by atoms with Gasteiger partial charge in [-0.2, -0.15) is 4.98 Å². The van der Waals surface area contributed by atoms with Crippen molar-refractivity contribution in [3.63, 3.8) is 0 Å². The molecule has 0 bridgehead atoms. The number of carbonyl (C=O) groups is 1. The number of aromatic nitrogens is 2. The number of aromatic amines is 1. The predicted molar refractivity (Wildman–Crippen MR) is 47.1 cm³/mol. The van der Waals surface area contributed by atoms with E-state index < -0.39 is 11.5 Å². The van der Waals surface area contributed by atoms with E-state index in [1.54, 1.807) is 0 Å². The van der Waals surface area contributed by atoms with Crippen LogP contribution in [-0.2, 0) is 0 Å². The molecule has 1 amide bonds. The van der Waals surface area contributed by atoms with Gasteiger partial charge in [0.25, 0.3) is 11.5 Å². The van der Waals surface area contributed by atoms with Crippen molar-refractivity contribution < 1.29 is 4.79 Å². The van der Waals surface area contributed by atoms with Crippen LogP contribution in [0.25, 0.3) is 0 Å². The number of H-pyrrole nitrogens is 1. The summed E-state index contributed by atoms with van der Waals surface area (Å²) in [5, 5.41) is 2.26. The first-order valence-corrected chi connectivity index (χ1v) is 3.43. The number of hydrogen-bond donors (Lipinski definition) is 4. The van der Waals surface area contributed by atoms with Gasteiger partial charge in [0.1, 0.15) is 11.4 Å². The molecule has 0 fully saturated rings. The molecule has 6 N–H and O–H groups in total. The van der Waals surface area contributed by atoms with Gasteiger partial charge in [0.2, 0.25) is 5.95 Å². The third-order valence-corrected chi connectivity index (χ3v) is 1.42. The zero-order valence-corrected chi connectivity index (χ0v) is 6.92. The van der Waals surface area contributed by atoms with Crippen molar-refractivity contribution in [3.8, 4) is 0 Å². The molecule has 0 radical (unpaired) electrons. The molecule has 7 nitrogen and oxygen atoms in total. The highest BCUT2D eigenvalue weighted by Gasteiger charge is 2.14. The average Bonchev–Trinajstić information content (AvgIpc) is 2.02. The van der Waals surface area contributed by atoms with Gasteiger partial charge in [-0.1, -0.05) is 0 Å². The smallest absolute Gasteiger partial charge is 0.267 e. The second kappa shape index (κ2) is 3.13. The van der Waals surface area contributed by atoms with Crippen LogP contribution in [0.2, 0.25) is 0 Å². The van der Waals surface area contributed by atoms with Crippen molar-refractivity contribution in [2.75, 3.05) is 18.5 Å². The van der Waals surface area contributed by atoms with E-state index in [-0.39, 0.29) is 17.3 Å². The fraction of sp³-hybridized carbons (Fsp3) is 0.167. The number of rotatable bonds is 1. The van der Waals surface area contributed by atoms with Gasteiger partial charge in [0.05, 0.1) is 0 Å². The second-order valence-electron chi connectivity index (χ2n) is 2.29. The normalized spacial score (nSPS) is 9.62. The molecular formula is C6H9N5O2. The minimum absolute atomic E-state index is 0.116. The van der Waals surface area contributed by atoms with E-state index >= 15 is 0 Å². The minimum atomic E-state index is -0.649. The molecule has 0 aromatic carbocycles. The number of nitrogens with one attached hydrogen (secondary N) is 2. The number of nitrogens with two attached hydrogens (primary N) is 2. The first-order valence-electron chi connectivity index (χ1n) is 3.43. The molecule has 13 heavy (non-hydrogen) atoms. The Morgan fingerprint density at radius 1 is 1.54 bits per heavy atom. The number of nitrogens with zero attached hydrogens (tertiary/aromatic N) is 1. The number of amides is 1. The Hall–Kier alpha value is -2.05. The van der Waals surface area contributed by atoms with Crippen LogP contribution >= 0.6 is 0 Å². The van der Waals surface area contributed by atoms with Crippen LogP contribution in [-0.4, -0.2) is 22.9 Å². The van der Waals surface area contributed by atoms with Gasteiger partial charge in [-0.15, -0.1) is 0 Å². The summed E-state index contributed by atoms with van der Waals surface area (Å²) in [5.74, 6) is -0.887. The molecule has 0 saturated carbocycles. The second-order valence-corrected chi connectivity index (χ2v) is 2.29. The SMILES string of the molecule is CNC(=O)c1c(N)nc(N)[nH]c1=O. The summed E-state index contributed by atoms with van der Waals surface area (Å²) in [5.41, 5.74) is 9.64. The molecule has 70 valence electrons. The van der Waals surface area contributed by atoms with Crippen molar-refractivity contribution >= 4 is 17.7 Å². The van der Waals surface area contributed by atoms with Gasteiger partial charge in [-0.3, -0.25) is 14.6 Å². The molecule has 0 atom stereocenters. The molecule has 0 aliphatic rings. The highest BCUT2D eigenvalue weighted by Crippen LogP contribution is 2.02. The first-order chi connectivity index (χ1) is 6.06. The van der Waals surface area contributed by atoms with Gasteiger partial charge in [0, 0.05) is 7.05 Å². The van der Waals surface area contributed by atoms with E-state index in [0.29, 0.717) is 0 Å². The zero-order chi connectivity index (χ0) is 10.0. The van der Waals surface area contributed by atoms with Crippen LogP contribution in [0.4, 0.5) is 11.8 Å². The Morgan fingerprint density at radius 3 is 2.62 bits per heavy atom. The molecular weight excluding hydrogens is 174 g/mol. The van der Waals surface area contributed by atoms with Crippen LogP contribution in [0.3, 0.4) is 0 Å². The molecule has 0 aliphatic heterocycles. The molecule has 0 aliphatic carbocycles. The summed E-state index contributed by atoms with van der Waals surface area (Å²) in [6, 6.07) is 0. The standard InChI is InChI=1S/C6H9N5O2/c1-9-4(12)2-3(7)10-6(8)11-5(2)13/h1H3,(H,9,12)(H5,7,8,10,11,13). The monoisotopic (exact) mass is 183 g/mol. The average molecular weight is 183 g/mol. The number of anilines is 2. The quantitative estimate of drug-likeness (QED) is 0.412. The highest BCUT2D eigenvalue weighted by atomic mass is 16.2. The summed E-state index contributed by atoms with van der Waals surface area (Å²) in [6.07, 6.45) is 0. The Bertz CT molecular complexity index is 397. The Labute approximate surface area is 73.2 Å². The molecule has 1 aromatic rings. The van der Waals surface area contributed by atoms with E-state index in [4.69, 9.17) is 11.5 Å². The van der Waals surface area contributed by atoms with Gasteiger partial charge < -0.3 is 16.8 Å². The molecule has 1 rings (SSSR count). The maximum Gasteiger partial charge on any atom is 0.267 e. The zero-order valence-electron chi connectivity index (χ0n) is 6.92. The first kappa shape index (κ1) is 9.04. The number of hydrogen-bond acceptors (Lipinski definition) is 5. The Kier molecular flexibility index (Phi) is 2.18. The predicted octanol–water partition coefficient (Wildman–Crippen LogP) is -1.71. The van der Waals surface area contributed by atoms with Crippen molar-refractivity contribution in [2.24, 2.45) is 0 Å². The summed E-state index contributed by atoms with van der Waals surface area (Å²) < 4.78 is 0. The van der Waals surface area contributed by atoms with E-state index in [9.17, 15) is 9.59 Å². The molecule has 1 heterocycles. The minimum Gasteiger partial charge on any atom is -0.383 e. The Balaban J connectivity index is 3.38. The van der Waals surface area contributed by atoms with Crippen molar-refractivity contribution in [1.82, 2.24) is 15.3 Å². The van der Waals surface area contributed by atoms with Gasteiger partial charge >= 0.3 is 0 Å². The fourth-order valence-electron chi connectivity index (χ4n) is 0.853. The van der Waals surface area contributed by atoms with Gasteiger partial charge in [-0.25, -0.2) is 0 Å². The fourth-order valence-corrected chi connectivity index (χ4v) is 0.853. The summed E-state index contributed by atoms with van der Waals surface area (Å²) in [6.45, 7) is 0. The molecule has 0 unspecified atom stereocenters. The lowest BCUT2D eigenvalue weighted by Crippen LogP contribution is -2.29. The summed E-state index contributed by atoms with van der Waals surface area (Å²) in [4.78, 5) is 27.9. The molecule has 0 saturated heterocycles. The third kappa shape index (κ3) is 1.58. The number of carbonyl (C=O) groups excluding carboxylic acids is 1. The van der Waals surface area contributed by atoms with Crippen molar-refractivity contribution in [2.45, 2.75) is 0 Å². The van der Waals surface area contributed by atoms with E-state index in [1.165, 1.54) is 7.05 Å². The lowest BCUT2D eigenvalue weighted by molar-refractivity contribution is 0.0962. The lowest BCUT2D eigenvalue weighted by atomic mass is 10.3. The van der Waals surface area contributed by atoms with Crippen LogP contribution < -0.4 is 22.3 Å². The molecule has 0 spiro atoms. The van der Waals surface area contributed by atoms with Crippen LogP contribution in [0.15, 0.2) is 4.79 Å². The van der Waals surface area contributed by atoms with Crippen LogP contribution in [0.5, 0.6) is 0 Å². The molecule has 1 aromatic heterocycles. The summed E-state index contributed by atoms with van der Waals surface area (Å²) in [7, 11) is 1.39. The van der Waals surface area contributed by atoms with Crippen molar-refractivity contribution in [3.05, 3.63) is 15.9 Å². The van der Waals surface area contributed by atoms with Crippen LogP contribution in [0.1, 0.15) is 10.4 Å². The highest BCUT2D eigenvalue weighted by molar-refractivity contribution is 5.97. The van der Waals surface area contributed by atoms with Crippen LogP contribution in [0, 0.1) is 0 Å². The van der Waals surface area contributed by atoms with Gasteiger partial charge in [0.15, 0.2) is 0 Å².